The van der Waals surface area contributed by atoms with E-state index in [-0.39, 0.29) is 0 Å². The van der Waals surface area contributed by atoms with Crippen LogP contribution in [-0.2, 0) is 0 Å². The minimum absolute atomic E-state index is 0.745. The van der Waals surface area contributed by atoms with E-state index in [2.05, 4.69) is 44.2 Å². The highest BCUT2D eigenvalue weighted by Crippen LogP contribution is 2.61. The molecule has 1 unspecified atom stereocenters. The summed E-state index contributed by atoms with van der Waals surface area (Å²) >= 11 is 0. The van der Waals surface area contributed by atoms with Gasteiger partial charge in [0.2, 0.25) is 0 Å². The van der Waals surface area contributed by atoms with Crippen LogP contribution in [0.5, 0.6) is 0 Å². The molecule has 2 fully saturated rings. The van der Waals surface area contributed by atoms with Crippen LogP contribution in [-0.4, -0.2) is 0 Å². The van der Waals surface area contributed by atoms with Gasteiger partial charge in [-0.1, -0.05) is 44.2 Å². The molecule has 0 aromatic heterocycles. The summed E-state index contributed by atoms with van der Waals surface area (Å²) in [6, 6.07) is 11.1. The second-order valence-corrected chi connectivity index (χ2v) is 6.76. The molecule has 0 nitrogen and oxygen atoms in total. The summed E-state index contributed by atoms with van der Waals surface area (Å²) in [5.41, 5.74) is 2.32. The minimum Gasteiger partial charge on any atom is -0.0625 e. The molecule has 92 valence electrons. The molecule has 2 aliphatic rings. The minimum atomic E-state index is 0.745. The molecule has 1 aromatic rings. The Morgan fingerprint density at radius 2 is 1.76 bits per heavy atom. The van der Waals surface area contributed by atoms with E-state index >= 15 is 0 Å². The molecule has 2 aliphatic carbocycles. The van der Waals surface area contributed by atoms with Crippen LogP contribution in [0.25, 0.3) is 0 Å². The summed E-state index contributed by atoms with van der Waals surface area (Å²) < 4.78 is 0. The van der Waals surface area contributed by atoms with E-state index in [0.29, 0.717) is 0 Å². The van der Waals surface area contributed by atoms with Gasteiger partial charge in [0.15, 0.2) is 0 Å². The van der Waals surface area contributed by atoms with E-state index in [4.69, 9.17) is 0 Å². The Hall–Kier alpha value is -0.780. The Morgan fingerprint density at radius 1 is 1.06 bits per heavy atom. The van der Waals surface area contributed by atoms with Gasteiger partial charge >= 0.3 is 0 Å². The van der Waals surface area contributed by atoms with Crippen molar-refractivity contribution in [3.8, 4) is 0 Å². The van der Waals surface area contributed by atoms with Gasteiger partial charge in [0.25, 0.3) is 0 Å². The lowest BCUT2D eigenvalue weighted by atomic mass is 9.58. The molecule has 0 aliphatic heterocycles. The van der Waals surface area contributed by atoms with Crippen LogP contribution in [0.1, 0.15) is 57.4 Å². The topological polar surface area (TPSA) is 0 Å². The van der Waals surface area contributed by atoms with Crippen molar-refractivity contribution in [2.24, 2.45) is 17.3 Å². The fraction of sp³-hybridized carbons (Fsp3) is 0.647. The molecule has 3 rings (SSSR count). The van der Waals surface area contributed by atoms with Crippen LogP contribution in [0, 0.1) is 17.3 Å². The van der Waals surface area contributed by atoms with Crippen molar-refractivity contribution in [3.05, 3.63) is 35.9 Å². The molecule has 1 aromatic carbocycles. The predicted molar refractivity (Wildman–Crippen MR) is 73.0 cm³/mol. The molecular formula is C17H24. The SMILES string of the molecule is CC(C)C1CCC2(CC(c3ccccc3)C2)C1. The van der Waals surface area contributed by atoms with Gasteiger partial charge in [0.05, 0.1) is 0 Å². The first-order valence-corrected chi connectivity index (χ1v) is 7.23. The Kier molecular flexibility index (Phi) is 2.77. The molecule has 17 heavy (non-hydrogen) atoms. The first-order valence-electron chi connectivity index (χ1n) is 7.23. The Labute approximate surface area is 105 Å². The van der Waals surface area contributed by atoms with Crippen molar-refractivity contribution in [1.29, 1.82) is 0 Å². The third-order valence-corrected chi connectivity index (χ3v) is 5.31. The molecular weight excluding hydrogens is 204 g/mol. The third-order valence-electron chi connectivity index (χ3n) is 5.31. The van der Waals surface area contributed by atoms with Crippen LogP contribution in [0.3, 0.4) is 0 Å². The van der Waals surface area contributed by atoms with Gasteiger partial charge in [-0.25, -0.2) is 0 Å². The smallest absolute Gasteiger partial charge is 0.0151 e. The normalized spacial score (nSPS) is 36.4. The second kappa shape index (κ2) is 4.15. The third kappa shape index (κ3) is 2.03. The number of benzene rings is 1. The van der Waals surface area contributed by atoms with E-state index in [1.165, 1.54) is 32.1 Å². The quantitative estimate of drug-likeness (QED) is 0.667. The predicted octanol–water partition coefficient (Wildman–Crippen LogP) is 5.01. The van der Waals surface area contributed by atoms with Gasteiger partial charge in [-0.3, -0.25) is 0 Å². The summed E-state index contributed by atoms with van der Waals surface area (Å²) in [7, 11) is 0. The average Bonchev–Trinajstić information content (AvgIpc) is 2.73. The standard InChI is InChI=1S/C17H24/c1-13(2)15-8-9-17(10-15)11-16(12-17)14-6-4-3-5-7-14/h3-7,13,15-16H,8-12H2,1-2H3. The van der Waals surface area contributed by atoms with Crippen molar-refractivity contribution in [2.75, 3.05) is 0 Å². The highest BCUT2D eigenvalue weighted by molar-refractivity contribution is 5.24. The van der Waals surface area contributed by atoms with Crippen LogP contribution < -0.4 is 0 Å². The van der Waals surface area contributed by atoms with Gasteiger partial charge in [-0.15, -0.1) is 0 Å². The van der Waals surface area contributed by atoms with Crippen molar-refractivity contribution in [3.63, 3.8) is 0 Å². The molecule has 0 saturated heterocycles. The fourth-order valence-electron chi connectivity index (χ4n) is 4.14. The molecule has 0 heterocycles. The van der Waals surface area contributed by atoms with E-state index < -0.39 is 0 Å². The van der Waals surface area contributed by atoms with Gasteiger partial charge in [-0.2, -0.15) is 0 Å². The Bertz CT molecular complexity index is 370. The van der Waals surface area contributed by atoms with Crippen molar-refractivity contribution in [2.45, 2.75) is 51.9 Å². The lowest BCUT2D eigenvalue weighted by molar-refractivity contribution is 0.100. The summed E-state index contributed by atoms with van der Waals surface area (Å²) in [5.74, 6) is 2.76. The van der Waals surface area contributed by atoms with Crippen LogP contribution >= 0.6 is 0 Å². The zero-order valence-corrected chi connectivity index (χ0v) is 11.2. The highest BCUT2D eigenvalue weighted by Gasteiger charge is 2.49. The van der Waals surface area contributed by atoms with E-state index in [9.17, 15) is 0 Å². The Balaban J connectivity index is 1.62. The number of hydrogen-bond acceptors (Lipinski definition) is 0. The number of hydrogen-bond donors (Lipinski definition) is 0. The van der Waals surface area contributed by atoms with Gasteiger partial charge < -0.3 is 0 Å². The summed E-state index contributed by atoms with van der Waals surface area (Å²) in [6.07, 6.45) is 7.41. The number of rotatable bonds is 2. The molecule has 0 heteroatoms. The maximum absolute atomic E-state index is 2.40. The van der Waals surface area contributed by atoms with Gasteiger partial charge in [-0.05, 0) is 60.8 Å². The molecule has 0 amide bonds. The average molecular weight is 228 g/mol. The summed E-state index contributed by atoms with van der Waals surface area (Å²) in [6.45, 7) is 4.80. The molecule has 0 bridgehead atoms. The summed E-state index contributed by atoms with van der Waals surface area (Å²) in [5, 5.41) is 0. The van der Waals surface area contributed by atoms with Crippen LogP contribution in [0.15, 0.2) is 30.3 Å². The van der Waals surface area contributed by atoms with E-state index in [1.807, 2.05) is 0 Å². The fourth-order valence-corrected chi connectivity index (χ4v) is 4.14. The van der Waals surface area contributed by atoms with Gasteiger partial charge in [0, 0.05) is 0 Å². The molecule has 0 radical (unpaired) electrons. The molecule has 2 saturated carbocycles. The van der Waals surface area contributed by atoms with Crippen molar-refractivity contribution >= 4 is 0 Å². The molecule has 0 N–H and O–H groups in total. The summed E-state index contributed by atoms with van der Waals surface area (Å²) in [4.78, 5) is 0. The lowest BCUT2D eigenvalue weighted by Gasteiger charge is -2.46. The monoisotopic (exact) mass is 228 g/mol. The zero-order chi connectivity index (χ0) is 11.9. The van der Waals surface area contributed by atoms with E-state index in [1.54, 1.807) is 5.56 Å². The van der Waals surface area contributed by atoms with Gasteiger partial charge in [0.1, 0.15) is 0 Å². The zero-order valence-electron chi connectivity index (χ0n) is 11.2. The first kappa shape index (κ1) is 11.3. The second-order valence-electron chi connectivity index (χ2n) is 6.76. The Morgan fingerprint density at radius 3 is 2.35 bits per heavy atom. The highest BCUT2D eigenvalue weighted by atomic mass is 14.5. The van der Waals surface area contributed by atoms with Crippen molar-refractivity contribution in [1.82, 2.24) is 0 Å². The molecule has 1 spiro atoms. The molecule has 1 atom stereocenters. The maximum atomic E-state index is 2.40. The van der Waals surface area contributed by atoms with E-state index in [0.717, 1.165) is 23.2 Å². The largest absolute Gasteiger partial charge is 0.0625 e. The first-order chi connectivity index (χ1) is 8.19. The van der Waals surface area contributed by atoms with Crippen molar-refractivity contribution < 1.29 is 0 Å². The van der Waals surface area contributed by atoms with Crippen LogP contribution in [0.4, 0.5) is 0 Å². The maximum Gasteiger partial charge on any atom is -0.0151 e. The van der Waals surface area contributed by atoms with Crippen LogP contribution in [0.2, 0.25) is 0 Å². The lowest BCUT2D eigenvalue weighted by Crippen LogP contribution is -2.33.